The van der Waals surface area contributed by atoms with Gasteiger partial charge in [0.25, 0.3) is 0 Å². The van der Waals surface area contributed by atoms with Crippen LogP contribution in [0.15, 0.2) is 77.0 Å². The zero-order valence-electron chi connectivity index (χ0n) is 17.5. The number of hydrogen-bond acceptors (Lipinski definition) is 7. The van der Waals surface area contributed by atoms with Gasteiger partial charge < -0.3 is 10.7 Å². The third-order valence-electron chi connectivity index (χ3n) is 5.88. The molecule has 1 unspecified atom stereocenters. The third kappa shape index (κ3) is 3.09. The fourth-order valence-corrected chi connectivity index (χ4v) is 4.92. The quantitative estimate of drug-likeness (QED) is 0.427. The third-order valence-corrected chi connectivity index (χ3v) is 6.68. The van der Waals surface area contributed by atoms with E-state index in [2.05, 4.69) is 26.6 Å². The van der Waals surface area contributed by atoms with Gasteiger partial charge in [-0.25, -0.2) is 9.98 Å². The topological polar surface area (TPSA) is 131 Å². The minimum absolute atomic E-state index is 0.170. The van der Waals surface area contributed by atoms with Crippen LogP contribution in [-0.2, 0) is 4.79 Å². The van der Waals surface area contributed by atoms with Gasteiger partial charge >= 0.3 is 0 Å². The molecule has 4 aromatic rings. The molecule has 2 aliphatic rings. The van der Waals surface area contributed by atoms with Gasteiger partial charge in [-0.1, -0.05) is 12.1 Å². The van der Waals surface area contributed by atoms with E-state index in [4.69, 9.17) is 15.7 Å². The molecule has 1 amide bonds. The number of nitriles is 1. The molecule has 0 spiro atoms. The number of allylic oxidation sites excluding steroid dienone is 3. The van der Waals surface area contributed by atoms with Crippen LogP contribution in [-0.4, -0.2) is 32.6 Å². The van der Waals surface area contributed by atoms with Crippen LogP contribution in [0.4, 0.5) is 0 Å². The molecule has 34 heavy (non-hydrogen) atoms. The number of aliphatic imine (C=N–C) groups is 1. The monoisotopic (exact) mass is 461 g/mol. The number of H-pyrrole nitrogens is 1. The average molecular weight is 462 g/mol. The Morgan fingerprint density at radius 3 is 2.76 bits per heavy atom. The van der Waals surface area contributed by atoms with Gasteiger partial charge in [-0.2, -0.15) is 10.4 Å². The van der Waals surface area contributed by atoms with Crippen LogP contribution in [0.5, 0.6) is 0 Å². The number of thiazole rings is 1. The molecule has 3 heterocycles. The fourth-order valence-electron chi connectivity index (χ4n) is 4.25. The number of aromatic amines is 1. The van der Waals surface area contributed by atoms with Crippen LogP contribution >= 0.6 is 11.3 Å². The van der Waals surface area contributed by atoms with Crippen molar-refractivity contribution in [2.75, 3.05) is 0 Å². The molecular weight excluding hydrogens is 446 g/mol. The molecule has 6 rings (SSSR count). The van der Waals surface area contributed by atoms with E-state index in [0.29, 0.717) is 33.8 Å². The first-order chi connectivity index (χ1) is 16.6. The number of amides is 1. The van der Waals surface area contributed by atoms with Crippen LogP contribution in [0.25, 0.3) is 22.0 Å². The van der Waals surface area contributed by atoms with E-state index in [1.807, 2.05) is 29.7 Å². The molecule has 162 valence electrons. The first-order valence-electron chi connectivity index (χ1n) is 10.4. The normalized spacial score (nSPS) is 17.7. The Morgan fingerprint density at radius 2 is 2.00 bits per heavy atom. The van der Waals surface area contributed by atoms with E-state index < -0.39 is 5.92 Å². The van der Waals surface area contributed by atoms with Crippen molar-refractivity contribution in [2.24, 2.45) is 10.9 Å². The highest BCUT2D eigenvalue weighted by atomic mass is 32.1. The van der Waals surface area contributed by atoms with Gasteiger partial charge in [-0.05, 0) is 42.0 Å². The number of carbonyl (C=O) groups is 1. The predicted molar refractivity (Wildman–Crippen MR) is 130 cm³/mol. The highest BCUT2D eigenvalue weighted by molar-refractivity contribution is 7.10. The summed E-state index contributed by atoms with van der Waals surface area (Å²) in [5.74, 6) is -0.812. The van der Waals surface area contributed by atoms with E-state index in [0.717, 1.165) is 21.5 Å². The Bertz CT molecular complexity index is 1620. The Hall–Kier alpha value is -4.68. The molecule has 9 heteroatoms. The van der Waals surface area contributed by atoms with E-state index >= 15 is 0 Å². The molecule has 0 bridgehead atoms. The Balaban J connectivity index is 1.58. The summed E-state index contributed by atoms with van der Waals surface area (Å²) in [4.78, 5) is 22.6. The number of rotatable bonds is 3. The molecule has 1 atom stereocenters. The summed E-state index contributed by atoms with van der Waals surface area (Å²) in [6.07, 6.45) is 5.33. The van der Waals surface area contributed by atoms with E-state index in [9.17, 15) is 4.79 Å². The van der Waals surface area contributed by atoms with Crippen LogP contribution < -0.4 is 5.32 Å². The maximum atomic E-state index is 13.4. The second-order valence-electron chi connectivity index (χ2n) is 7.82. The summed E-state index contributed by atoms with van der Waals surface area (Å²) in [5, 5.41) is 31.5. The number of nitrogens with one attached hydrogen (secondary N) is 3. The Kier molecular flexibility index (Phi) is 4.53. The maximum Gasteiger partial charge on any atom is 0.240 e. The van der Waals surface area contributed by atoms with Crippen LogP contribution in [0.2, 0.25) is 0 Å². The number of nitrogens with zero attached hydrogens (tertiary/aromatic N) is 4. The van der Waals surface area contributed by atoms with Crippen molar-refractivity contribution in [2.45, 2.75) is 0 Å². The number of hydrogen-bond donors (Lipinski definition) is 3. The molecule has 1 aliphatic heterocycles. The minimum atomic E-state index is -0.872. The first kappa shape index (κ1) is 20.0. The minimum Gasteiger partial charge on any atom is -0.309 e. The van der Waals surface area contributed by atoms with Gasteiger partial charge in [0, 0.05) is 33.7 Å². The molecule has 1 aliphatic carbocycles. The van der Waals surface area contributed by atoms with E-state index in [-0.39, 0.29) is 11.6 Å². The second kappa shape index (κ2) is 7.72. The van der Waals surface area contributed by atoms with Gasteiger partial charge in [0.15, 0.2) is 0 Å². The maximum absolute atomic E-state index is 13.4. The first-order valence-corrected chi connectivity index (χ1v) is 11.3. The SMILES string of the molecule is N#Cc1ccc(C2=NC3=C(c4nccs4)C=C(c4cccc5[nH]ncc45)C(=N)C3C(=O)N2)cc1. The smallest absolute Gasteiger partial charge is 0.240 e. The molecular formula is C25H15N7OS. The Morgan fingerprint density at radius 1 is 1.15 bits per heavy atom. The Labute approximate surface area is 197 Å². The van der Waals surface area contributed by atoms with Crippen LogP contribution in [0, 0.1) is 22.7 Å². The molecule has 0 fully saturated rings. The standard InChI is InChI=1S/C25H15N7OS/c26-11-13-4-6-14(7-5-13)23-30-22-17(25-28-8-9-34-25)10-16(21(27)20(22)24(33)31-23)15-2-1-3-19-18(15)12-29-32-19/h1-10,12,20,27H,(H,29,32)(H,30,31,33). The van der Waals surface area contributed by atoms with E-state index in [1.165, 1.54) is 11.3 Å². The number of carbonyl (C=O) groups excluding carboxylic acids is 1. The molecule has 3 N–H and O–H groups in total. The fraction of sp³-hybridized carbons (Fsp3) is 0.0400. The van der Waals surface area contributed by atoms with Gasteiger partial charge in [0.05, 0.1) is 34.8 Å². The van der Waals surface area contributed by atoms with E-state index in [1.54, 1.807) is 36.7 Å². The lowest BCUT2D eigenvalue weighted by atomic mass is 9.80. The zero-order valence-corrected chi connectivity index (χ0v) is 18.4. The lowest BCUT2D eigenvalue weighted by Gasteiger charge is -2.30. The van der Waals surface area contributed by atoms with Gasteiger partial charge in [-0.15, -0.1) is 11.3 Å². The molecule has 0 saturated heterocycles. The number of amidine groups is 1. The summed E-state index contributed by atoms with van der Waals surface area (Å²) in [7, 11) is 0. The van der Waals surface area contributed by atoms with Crippen molar-refractivity contribution >= 4 is 50.8 Å². The summed E-state index contributed by atoms with van der Waals surface area (Å²) in [6, 6.07) is 14.7. The average Bonchev–Trinajstić information content (AvgIpc) is 3.56. The zero-order chi connectivity index (χ0) is 23.2. The van der Waals surface area contributed by atoms with Crippen LogP contribution in [0.3, 0.4) is 0 Å². The van der Waals surface area contributed by atoms with Crippen molar-refractivity contribution in [1.29, 1.82) is 10.7 Å². The summed E-state index contributed by atoms with van der Waals surface area (Å²) in [5.41, 5.74) is 4.89. The summed E-state index contributed by atoms with van der Waals surface area (Å²) < 4.78 is 0. The largest absolute Gasteiger partial charge is 0.309 e. The summed E-state index contributed by atoms with van der Waals surface area (Å²) in [6.45, 7) is 0. The number of benzene rings is 2. The lowest BCUT2D eigenvalue weighted by molar-refractivity contribution is -0.121. The van der Waals surface area contributed by atoms with Crippen molar-refractivity contribution in [3.8, 4) is 6.07 Å². The van der Waals surface area contributed by atoms with Gasteiger partial charge in [0.2, 0.25) is 5.91 Å². The molecule has 0 radical (unpaired) electrons. The second-order valence-corrected chi connectivity index (χ2v) is 8.71. The van der Waals surface area contributed by atoms with Crippen molar-refractivity contribution in [3.05, 3.63) is 93.7 Å². The highest BCUT2D eigenvalue weighted by Crippen LogP contribution is 2.41. The van der Waals surface area contributed by atoms with Crippen LogP contribution in [0.1, 0.15) is 21.7 Å². The highest BCUT2D eigenvalue weighted by Gasteiger charge is 2.39. The predicted octanol–water partition coefficient (Wildman–Crippen LogP) is 3.91. The molecule has 2 aromatic heterocycles. The number of aromatic nitrogens is 3. The van der Waals surface area contributed by atoms with Crippen molar-refractivity contribution in [1.82, 2.24) is 20.5 Å². The molecule has 8 nitrogen and oxygen atoms in total. The van der Waals surface area contributed by atoms with Crippen molar-refractivity contribution < 1.29 is 4.79 Å². The molecule has 2 aromatic carbocycles. The van der Waals surface area contributed by atoms with Gasteiger partial charge in [0.1, 0.15) is 16.8 Å². The summed E-state index contributed by atoms with van der Waals surface area (Å²) >= 11 is 1.45. The number of fused-ring (bicyclic) bond motifs is 2. The lowest BCUT2D eigenvalue weighted by Crippen LogP contribution is -2.45. The van der Waals surface area contributed by atoms with Gasteiger partial charge in [-0.3, -0.25) is 9.89 Å². The molecule has 0 saturated carbocycles. The van der Waals surface area contributed by atoms with Crippen molar-refractivity contribution in [3.63, 3.8) is 0 Å².